The van der Waals surface area contributed by atoms with Crippen LogP contribution in [-0.4, -0.2) is 0 Å². The van der Waals surface area contributed by atoms with Crippen LogP contribution in [0.5, 0.6) is 0 Å². The predicted octanol–water partition coefficient (Wildman–Crippen LogP) is 6.82. The van der Waals surface area contributed by atoms with Crippen molar-refractivity contribution in [2.24, 2.45) is 0 Å². The van der Waals surface area contributed by atoms with E-state index in [1.54, 1.807) is 6.08 Å². The molecule has 0 saturated carbocycles. The monoisotopic (exact) mass is 355 g/mol. The van der Waals surface area contributed by atoms with Gasteiger partial charge in [0.1, 0.15) is 11.5 Å². The Balaban J connectivity index is 1.75. The van der Waals surface area contributed by atoms with E-state index < -0.39 is 0 Å². The molecule has 4 rings (SSSR count). The molecule has 124 valence electrons. The van der Waals surface area contributed by atoms with Gasteiger partial charge in [0.05, 0.1) is 11.6 Å². The molecule has 1 aromatic heterocycles. The van der Waals surface area contributed by atoms with Crippen LogP contribution in [0.1, 0.15) is 11.3 Å². The molecule has 26 heavy (non-hydrogen) atoms. The topological polar surface area (TPSA) is 36.9 Å². The molecule has 0 saturated heterocycles. The molecule has 1 heterocycles. The number of rotatable bonds is 3. The van der Waals surface area contributed by atoms with E-state index in [2.05, 4.69) is 6.07 Å². The van der Waals surface area contributed by atoms with Crippen molar-refractivity contribution in [1.82, 2.24) is 0 Å². The van der Waals surface area contributed by atoms with Crippen molar-refractivity contribution in [3.8, 4) is 17.4 Å². The number of nitrogens with zero attached hydrogens (tertiary/aromatic N) is 1. The molecule has 0 amide bonds. The first kappa shape index (κ1) is 16.2. The van der Waals surface area contributed by atoms with Gasteiger partial charge in [-0.05, 0) is 53.2 Å². The lowest BCUT2D eigenvalue weighted by Crippen LogP contribution is -1.84. The molecule has 0 fully saturated rings. The molecule has 0 aliphatic carbocycles. The Morgan fingerprint density at radius 1 is 0.885 bits per heavy atom. The molecular formula is C23H14ClNO. The fraction of sp³-hybridized carbons (Fsp3) is 0. The Hall–Kier alpha value is -3.28. The maximum atomic E-state index is 9.68. The molecule has 3 heteroatoms. The molecule has 0 spiro atoms. The van der Waals surface area contributed by atoms with Crippen LogP contribution in [0.15, 0.2) is 83.3 Å². The first-order chi connectivity index (χ1) is 12.7. The number of hydrogen-bond acceptors (Lipinski definition) is 2. The van der Waals surface area contributed by atoms with E-state index in [-0.39, 0.29) is 0 Å². The predicted molar refractivity (Wildman–Crippen MR) is 107 cm³/mol. The van der Waals surface area contributed by atoms with Crippen molar-refractivity contribution >= 4 is 34.0 Å². The third-order valence-corrected chi connectivity index (χ3v) is 4.49. The van der Waals surface area contributed by atoms with Gasteiger partial charge in [0.25, 0.3) is 0 Å². The Morgan fingerprint density at radius 3 is 2.46 bits per heavy atom. The average molecular weight is 356 g/mol. The van der Waals surface area contributed by atoms with E-state index in [1.807, 2.05) is 78.9 Å². The van der Waals surface area contributed by atoms with Crippen molar-refractivity contribution in [1.29, 1.82) is 5.26 Å². The number of benzene rings is 3. The van der Waals surface area contributed by atoms with Crippen LogP contribution < -0.4 is 0 Å². The molecular weight excluding hydrogens is 342 g/mol. The summed E-state index contributed by atoms with van der Waals surface area (Å²) in [6, 6.07) is 27.5. The average Bonchev–Trinajstić information content (AvgIpc) is 3.15. The lowest BCUT2D eigenvalue weighted by molar-refractivity contribution is 0.572. The Bertz CT molecular complexity index is 1140. The lowest BCUT2D eigenvalue weighted by Gasteiger charge is -2.04. The van der Waals surface area contributed by atoms with Gasteiger partial charge in [0.15, 0.2) is 0 Å². The molecule has 3 aromatic carbocycles. The Morgan fingerprint density at radius 2 is 1.65 bits per heavy atom. The Kier molecular flexibility index (Phi) is 4.31. The second-order valence-corrected chi connectivity index (χ2v) is 6.34. The van der Waals surface area contributed by atoms with E-state index in [4.69, 9.17) is 16.0 Å². The number of nitriles is 1. The number of allylic oxidation sites excluding steroid dienone is 1. The fourth-order valence-electron chi connectivity index (χ4n) is 2.97. The zero-order valence-electron chi connectivity index (χ0n) is 13.8. The van der Waals surface area contributed by atoms with Crippen molar-refractivity contribution in [2.75, 3.05) is 0 Å². The quantitative estimate of drug-likeness (QED) is 0.378. The van der Waals surface area contributed by atoms with Crippen LogP contribution in [0.2, 0.25) is 5.02 Å². The molecule has 0 aliphatic rings. The van der Waals surface area contributed by atoms with E-state index in [0.717, 1.165) is 27.7 Å². The molecule has 0 unspecified atom stereocenters. The van der Waals surface area contributed by atoms with Crippen molar-refractivity contribution in [3.63, 3.8) is 0 Å². The van der Waals surface area contributed by atoms with Gasteiger partial charge in [-0.1, -0.05) is 54.1 Å². The minimum atomic E-state index is 0.568. The van der Waals surface area contributed by atoms with Gasteiger partial charge in [-0.15, -0.1) is 0 Å². The van der Waals surface area contributed by atoms with Crippen LogP contribution in [-0.2, 0) is 0 Å². The van der Waals surface area contributed by atoms with E-state index in [1.165, 1.54) is 0 Å². The highest BCUT2D eigenvalue weighted by molar-refractivity contribution is 6.30. The zero-order valence-corrected chi connectivity index (χ0v) is 14.6. The third-order valence-electron chi connectivity index (χ3n) is 4.24. The minimum Gasteiger partial charge on any atom is -0.457 e. The third kappa shape index (κ3) is 3.13. The summed E-state index contributed by atoms with van der Waals surface area (Å²) in [5, 5.41) is 12.5. The van der Waals surface area contributed by atoms with Gasteiger partial charge in [0.2, 0.25) is 0 Å². The summed E-state index contributed by atoms with van der Waals surface area (Å²) >= 11 is 5.93. The molecule has 4 aromatic rings. The van der Waals surface area contributed by atoms with Gasteiger partial charge < -0.3 is 4.42 Å². The highest BCUT2D eigenvalue weighted by Crippen LogP contribution is 2.29. The van der Waals surface area contributed by atoms with Gasteiger partial charge >= 0.3 is 0 Å². The molecule has 0 atom stereocenters. The minimum absolute atomic E-state index is 0.568. The standard InChI is InChI=1S/C23H14ClNO/c24-19-10-8-17(9-11-19)23-13-12-20(26-23)14-18(15-25)22-7-3-5-16-4-1-2-6-21(16)22/h1-14H/b18-14+. The first-order valence-corrected chi connectivity index (χ1v) is 8.58. The number of fused-ring (bicyclic) bond motifs is 1. The normalized spacial score (nSPS) is 11.5. The van der Waals surface area contributed by atoms with Crippen LogP contribution >= 0.6 is 11.6 Å². The van der Waals surface area contributed by atoms with Gasteiger partial charge in [-0.2, -0.15) is 5.26 Å². The maximum Gasteiger partial charge on any atom is 0.134 e. The van der Waals surface area contributed by atoms with E-state index in [9.17, 15) is 5.26 Å². The molecule has 2 nitrogen and oxygen atoms in total. The number of halogens is 1. The first-order valence-electron chi connectivity index (χ1n) is 8.20. The SMILES string of the molecule is N#C/C(=C\c1ccc(-c2ccc(Cl)cc2)o1)c1cccc2ccccc12. The van der Waals surface area contributed by atoms with Crippen LogP contribution in [0, 0.1) is 11.3 Å². The lowest BCUT2D eigenvalue weighted by atomic mass is 9.98. The van der Waals surface area contributed by atoms with Gasteiger partial charge in [-0.3, -0.25) is 0 Å². The summed E-state index contributed by atoms with van der Waals surface area (Å²) in [6.45, 7) is 0. The second-order valence-electron chi connectivity index (χ2n) is 5.91. The summed E-state index contributed by atoms with van der Waals surface area (Å²) in [6.07, 6.45) is 1.78. The van der Waals surface area contributed by atoms with E-state index in [0.29, 0.717) is 16.4 Å². The maximum absolute atomic E-state index is 9.68. The van der Waals surface area contributed by atoms with Crippen LogP contribution in [0.4, 0.5) is 0 Å². The van der Waals surface area contributed by atoms with Crippen LogP contribution in [0.25, 0.3) is 33.7 Å². The highest BCUT2D eigenvalue weighted by Gasteiger charge is 2.09. The highest BCUT2D eigenvalue weighted by atomic mass is 35.5. The largest absolute Gasteiger partial charge is 0.457 e. The Labute approximate surface area is 156 Å². The van der Waals surface area contributed by atoms with Gasteiger partial charge in [-0.25, -0.2) is 0 Å². The second kappa shape index (κ2) is 6.92. The van der Waals surface area contributed by atoms with Gasteiger partial charge in [0, 0.05) is 16.1 Å². The fourth-order valence-corrected chi connectivity index (χ4v) is 3.10. The van der Waals surface area contributed by atoms with Crippen molar-refractivity contribution < 1.29 is 4.42 Å². The summed E-state index contributed by atoms with van der Waals surface area (Å²) in [5.74, 6) is 1.38. The molecule has 0 N–H and O–H groups in total. The van der Waals surface area contributed by atoms with Crippen LogP contribution in [0.3, 0.4) is 0 Å². The summed E-state index contributed by atoms with van der Waals surface area (Å²) < 4.78 is 5.90. The van der Waals surface area contributed by atoms with E-state index >= 15 is 0 Å². The number of furan rings is 1. The smallest absolute Gasteiger partial charge is 0.134 e. The summed E-state index contributed by atoms with van der Waals surface area (Å²) in [5.41, 5.74) is 2.41. The van der Waals surface area contributed by atoms with Crippen molar-refractivity contribution in [3.05, 3.63) is 95.2 Å². The number of hydrogen-bond donors (Lipinski definition) is 0. The van der Waals surface area contributed by atoms with Crippen molar-refractivity contribution in [2.45, 2.75) is 0 Å². The molecule has 0 aliphatic heterocycles. The zero-order chi connectivity index (χ0) is 17.9. The summed E-state index contributed by atoms with van der Waals surface area (Å²) in [7, 11) is 0. The summed E-state index contributed by atoms with van der Waals surface area (Å²) in [4.78, 5) is 0. The molecule has 0 radical (unpaired) electrons. The molecule has 0 bridgehead atoms.